The quantitative estimate of drug-likeness (QED) is 0.679. The molecule has 0 spiro atoms. The van der Waals surface area contributed by atoms with Gasteiger partial charge in [-0.05, 0) is 54.4 Å². The average Bonchev–Trinajstić information content (AvgIpc) is 2.52. The van der Waals surface area contributed by atoms with E-state index >= 15 is 0 Å². The molecule has 1 N–H and O–H groups in total. The summed E-state index contributed by atoms with van der Waals surface area (Å²) in [6.07, 6.45) is 6.91. The lowest BCUT2D eigenvalue weighted by molar-refractivity contribution is 0.331. The largest absolute Gasteiger partial charge is 0.508 e. The molecule has 0 amide bonds. The van der Waals surface area contributed by atoms with Crippen molar-refractivity contribution in [2.45, 2.75) is 6.92 Å². The van der Waals surface area contributed by atoms with Crippen LogP contribution in [0.15, 0.2) is 41.4 Å². The molecule has 0 fully saturated rings. The third kappa shape index (κ3) is 3.80. The summed E-state index contributed by atoms with van der Waals surface area (Å²) in [4.78, 5) is 4.42. The summed E-state index contributed by atoms with van der Waals surface area (Å²) in [5, 5.41) is 9.40. The van der Waals surface area contributed by atoms with Crippen LogP contribution in [0.4, 0.5) is 5.69 Å². The Morgan fingerprint density at radius 3 is 2.73 bits per heavy atom. The Bertz CT molecular complexity index is 730. The van der Waals surface area contributed by atoms with Gasteiger partial charge in [0.25, 0.3) is 0 Å². The van der Waals surface area contributed by atoms with Gasteiger partial charge in [-0.15, -0.1) is 6.42 Å². The molecule has 4 heteroatoms. The third-order valence-corrected chi connectivity index (χ3v) is 3.03. The predicted molar refractivity (Wildman–Crippen MR) is 87.4 cm³/mol. The smallest absolute Gasteiger partial charge is 0.162 e. The average molecular weight is 295 g/mol. The monoisotopic (exact) mass is 295 g/mol. The number of aromatic hydroxyl groups is 1. The number of terminal acetylenes is 1. The van der Waals surface area contributed by atoms with Gasteiger partial charge in [-0.2, -0.15) is 0 Å². The van der Waals surface area contributed by atoms with Crippen molar-refractivity contribution in [1.29, 1.82) is 0 Å². The Hall–Kier alpha value is -2.93. The number of nitrogens with zero attached hydrogens (tertiary/aromatic N) is 1. The van der Waals surface area contributed by atoms with E-state index in [9.17, 15) is 5.11 Å². The highest BCUT2D eigenvalue weighted by atomic mass is 16.5. The number of phenols is 1. The number of benzene rings is 2. The summed E-state index contributed by atoms with van der Waals surface area (Å²) in [7, 11) is 1.57. The molecule has 112 valence electrons. The third-order valence-electron chi connectivity index (χ3n) is 3.03. The highest BCUT2D eigenvalue weighted by Crippen LogP contribution is 2.28. The minimum atomic E-state index is 0.191. The molecule has 0 aliphatic carbocycles. The molecule has 0 atom stereocenters. The second-order valence-electron chi connectivity index (χ2n) is 4.63. The molecule has 0 aromatic heterocycles. The van der Waals surface area contributed by atoms with E-state index in [4.69, 9.17) is 15.9 Å². The van der Waals surface area contributed by atoms with E-state index in [1.807, 2.05) is 19.1 Å². The molecule has 0 aliphatic heterocycles. The number of aliphatic imine (C=N–C) groups is 1. The minimum absolute atomic E-state index is 0.191. The number of methoxy groups -OCH3 is 1. The normalized spacial score (nSPS) is 10.4. The van der Waals surface area contributed by atoms with Crippen molar-refractivity contribution < 1.29 is 14.6 Å². The molecular formula is C18H17NO3. The molecular weight excluding hydrogens is 278 g/mol. The molecule has 0 aliphatic rings. The Kier molecular flexibility index (Phi) is 5.05. The molecule has 0 radical (unpaired) electrons. The molecule has 0 bridgehead atoms. The Morgan fingerprint density at radius 1 is 1.23 bits per heavy atom. The molecule has 0 heterocycles. The summed E-state index contributed by atoms with van der Waals surface area (Å²) in [6.45, 7) is 2.08. The summed E-state index contributed by atoms with van der Waals surface area (Å²) < 4.78 is 10.7. The van der Waals surface area contributed by atoms with E-state index in [1.165, 1.54) is 0 Å². The van der Waals surface area contributed by atoms with E-state index in [2.05, 4.69) is 10.9 Å². The van der Waals surface area contributed by atoms with Gasteiger partial charge >= 0.3 is 0 Å². The zero-order chi connectivity index (χ0) is 15.9. The van der Waals surface area contributed by atoms with Gasteiger partial charge < -0.3 is 14.6 Å². The van der Waals surface area contributed by atoms with Crippen molar-refractivity contribution in [2.75, 3.05) is 13.7 Å². The lowest BCUT2D eigenvalue weighted by Gasteiger charge is -2.09. The maximum absolute atomic E-state index is 9.40. The molecule has 0 saturated heterocycles. The summed E-state index contributed by atoms with van der Waals surface area (Å²) in [6, 6.07) is 10.5. The van der Waals surface area contributed by atoms with Crippen LogP contribution >= 0.6 is 0 Å². The van der Waals surface area contributed by atoms with Crippen molar-refractivity contribution in [1.82, 2.24) is 0 Å². The van der Waals surface area contributed by atoms with Crippen LogP contribution in [0, 0.1) is 19.3 Å². The Morgan fingerprint density at radius 2 is 2.05 bits per heavy atom. The topological polar surface area (TPSA) is 51.0 Å². The first kappa shape index (κ1) is 15.5. The lowest BCUT2D eigenvalue weighted by atomic mass is 10.2. The number of phenolic OH excluding ortho intramolecular Hbond substituents is 1. The lowest BCUT2D eigenvalue weighted by Crippen LogP contribution is -1.97. The van der Waals surface area contributed by atoms with Crippen LogP contribution in [0.1, 0.15) is 11.1 Å². The van der Waals surface area contributed by atoms with E-state index in [-0.39, 0.29) is 12.4 Å². The number of rotatable bonds is 5. The van der Waals surface area contributed by atoms with Crippen LogP contribution < -0.4 is 9.47 Å². The summed E-state index contributed by atoms with van der Waals surface area (Å²) >= 11 is 0. The van der Waals surface area contributed by atoms with E-state index in [0.29, 0.717) is 11.5 Å². The zero-order valence-electron chi connectivity index (χ0n) is 12.5. The number of hydrogen-bond acceptors (Lipinski definition) is 4. The van der Waals surface area contributed by atoms with Crippen LogP contribution in [0.3, 0.4) is 0 Å². The van der Waals surface area contributed by atoms with Crippen LogP contribution in [0.2, 0.25) is 0 Å². The maximum atomic E-state index is 9.40. The molecule has 0 saturated carbocycles. The second kappa shape index (κ2) is 7.19. The van der Waals surface area contributed by atoms with Gasteiger partial charge in [-0.25, -0.2) is 0 Å². The van der Waals surface area contributed by atoms with Gasteiger partial charge in [0.05, 0.1) is 12.8 Å². The Labute approximate surface area is 130 Å². The summed E-state index contributed by atoms with van der Waals surface area (Å²) in [5.41, 5.74) is 2.57. The van der Waals surface area contributed by atoms with Gasteiger partial charge in [0, 0.05) is 6.21 Å². The molecule has 22 heavy (non-hydrogen) atoms. The molecule has 4 nitrogen and oxygen atoms in total. The minimum Gasteiger partial charge on any atom is -0.508 e. The van der Waals surface area contributed by atoms with Crippen molar-refractivity contribution >= 4 is 11.9 Å². The van der Waals surface area contributed by atoms with Gasteiger partial charge in [-0.1, -0.05) is 5.92 Å². The second-order valence-corrected chi connectivity index (χ2v) is 4.63. The SMILES string of the molecule is C#CCOc1ccc(C=Nc2ccc(O)cc2C)cc1OC. The highest BCUT2D eigenvalue weighted by Gasteiger charge is 2.04. The van der Waals surface area contributed by atoms with Crippen LogP contribution in [-0.2, 0) is 0 Å². The first-order valence-corrected chi connectivity index (χ1v) is 6.72. The van der Waals surface area contributed by atoms with Gasteiger partial charge in [0.15, 0.2) is 11.5 Å². The highest BCUT2D eigenvalue weighted by molar-refractivity contribution is 5.83. The number of aryl methyl sites for hydroxylation is 1. The van der Waals surface area contributed by atoms with Crippen molar-refractivity contribution in [3.8, 4) is 29.6 Å². The zero-order valence-corrected chi connectivity index (χ0v) is 12.5. The van der Waals surface area contributed by atoms with Crippen molar-refractivity contribution in [3.63, 3.8) is 0 Å². The fourth-order valence-electron chi connectivity index (χ4n) is 1.93. The van der Waals surface area contributed by atoms with Gasteiger partial charge in [0.2, 0.25) is 0 Å². The van der Waals surface area contributed by atoms with E-state index < -0.39 is 0 Å². The Balaban J connectivity index is 2.22. The van der Waals surface area contributed by atoms with E-state index in [1.54, 1.807) is 37.6 Å². The molecule has 2 aromatic carbocycles. The first-order chi connectivity index (χ1) is 10.6. The van der Waals surface area contributed by atoms with Crippen molar-refractivity contribution in [3.05, 3.63) is 47.5 Å². The van der Waals surface area contributed by atoms with Crippen LogP contribution in [0.5, 0.6) is 17.2 Å². The van der Waals surface area contributed by atoms with Crippen LogP contribution in [0.25, 0.3) is 0 Å². The maximum Gasteiger partial charge on any atom is 0.162 e. The van der Waals surface area contributed by atoms with E-state index in [0.717, 1.165) is 16.8 Å². The van der Waals surface area contributed by atoms with Crippen LogP contribution in [-0.4, -0.2) is 25.0 Å². The molecule has 2 aromatic rings. The fraction of sp³-hybridized carbons (Fsp3) is 0.167. The fourth-order valence-corrected chi connectivity index (χ4v) is 1.93. The van der Waals surface area contributed by atoms with Gasteiger partial charge in [-0.3, -0.25) is 4.99 Å². The number of ether oxygens (including phenoxy) is 2. The summed E-state index contributed by atoms with van der Waals surface area (Å²) in [5.74, 6) is 3.84. The molecule has 0 unspecified atom stereocenters. The standard InChI is InChI=1S/C18H17NO3/c1-4-9-22-17-8-5-14(11-18(17)21-3)12-19-16-7-6-15(20)10-13(16)2/h1,5-8,10-12,20H,9H2,2-3H3. The molecule has 2 rings (SSSR count). The van der Waals surface area contributed by atoms with Crippen molar-refractivity contribution in [2.24, 2.45) is 4.99 Å². The first-order valence-electron chi connectivity index (χ1n) is 6.72. The van der Waals surface area contributed by atoms with Gasteiger partial charge in [0.1, 0.15) is 12.4 Å². The number of hydrogen-bond donors (Lipinski definition) is 1. The predicted octanol–water partition coefficient (Wildman–Crippen LogP) is 3.47.